The van der Waals surface area contributed by atoms with Crippen LogP contribution in [0.3, 0.4) is 0 Å². The van der Waals surface area contributed by atoms with E-state index in [1.165, 1.54) is 154 Å². The SMILES string of the molecule is CC/C=C\C/C=C\C/C=C\C/C=C\C/C=C\CCCCCCCCCCCCCCCCCCCCCCCC(=O)OC(COC(=O)CCCCCCCCCC)COC(OCC[N+](C)(C)C)C(=O)O. The van der Waals surface area contributed by atoms with Gasteiger partial charge < -0.3 is 28.5 Å². The summed E-state index contributed by atoms with van der Waals surface area (Å²) < 4.78 is 22.8. The van der Waals surface area contributed by atoms with Crippen molar-refractivity contribution in [2.75, 3.05) is 47.5 Å². The number of ether oxygens (including phenoxy) is 4. The van der Waals surface area contributed by atoms with Crippen molar-refractivity contribution in [3.63, 3.8) is 0 Å². The molecule has 0 bridgehead atoms. The number of rotatable bonds is 53. The molecule has 0 spiro atoms. The van der Waals surface area contributed by atoms with Crippen LogP contribution < -0.4 is 0 Å². The second-order valence-corrected chi connectivity index (χ2v) is 20.6. The van der Waals surface area contributed by atoms with Crippen LogP contribution in [-0.4, -0.2) is 87.4 Å². The van der Waals surface area contributed by atoms with E-state index < -0.39 is 24.3 Å². The summed E-state index contributed by atoms with van der Waals surface area (Å²) in [6.45, 7) is 4.74. The molecule has 0 aromatic heterocycles. The number of likely N-dealkylation sites (N-methyl/N-ethyl adjacent to an activating group) is 1. The lowest BCUT2D eigenvalue weighted by atomic mass is 10.0. The number of hydrogen-bond donors (Lipinski definition) is 1. The van der Waals surface area contributed by atoms with Crippen molar-refractivity contribution in [3.8, 4) is 0 Å². The number of hydrogen-bond acceptors (Lipinski definition) is 7. The summed E-state index contributed by atoms with van der Waals surface area (Å²) in [5.41, 5.74) is 0. The van der Waals surface area contributed by atoms with Gasteiger partial charge in [-0.15, -0.1) is 0 Å². The summed E-state index contributed by atoms with van der Waals surface area (Å²) >= 11 is 0. The number of carbonyl (C=O) groups is 3. The number of nitrogens with zero attached hydrogens (tertiary/aromatic N) is 1. The Labute approximate surface area is 431 Å². The zero-order valence-corrected chi connectivity index (χ0v) is 46.2. The van der Waals surface area contributed by atoms with Crippen LogP contribution in [0.5, 0.6) is 0 Å². The van der Waals surface area contributed by atoms with Crippen molar-refractivity contribution >= 4 is 17.9 Å². The first kappa shape index (κ1) is 67.0. The van der Waals surface area contributed by atoms with Crippen molar-refractivity contribution in [2.24, 2.45) is 0 Å². The van der Waals surface area contributed by atoms with Gasteiger partial charge in [-0.3, -0.25) is 9.59 Å². The lowest BCUT2D eigenvalue weighted by molar-refractivity contribution is -0.870. The molecule has 0 aliphatic rings. The van der Waals surface area contributed by atoms with E-state index in [4.69, 9.17) is 18.9 Å². The van der Waals surface area contributed by atoms with Gasteiger partial charge in [0.2, 0.25) is 0 Å². The maximum atomic E-state index is 12.8. The van der Waals surface area contributed by atoms with E-state index >= 15 is 0 Å². The fourth-order valence-electron chi connectivity index (χ4n) is 8.10. The third kappa shape index (κ3) is 52.8. The van der Waals surface area contributed by atoms with Gasteiger partial charge in [-0.2, -0.15) is 0 Å². The molecule has 0 radical (unpaired) electrons. The van der Waals surface area contributed by atoms with E-state index in [-0.39, 0.29) is 32.2 Å². The average Bonchev–Trinajstić information content (AvgIpc) is 3.33. The molecule has 0 rings (SSSR count). The number of carboxylic acids is 1. The van der Waals surface area contributed by atoms with E-state index in [9.17, 15) is 19.5 Å². The molecule has 70 heavy (non-hydrogen) atoms. The number of allylic oxidation sites excluding steroid dienone is 10. The minimum absolute atomic E-state index is 0.178. The maximum absolute atomic E-state index is 12.8. The Balaban J connectivity index is 3.91. The fourth-order valence-corrected chi connectivity index (χ4v) is 8.10. The molecule has 0 aromatic carbocycles. The predicted octanol–water partition coefficient (Wildman–Crippen LogP) is 16.8. The van der Waals surface area contributed by atoms with Crippen molar-refractivity contribution in [1.82, 2.24) is 0 Å². The third-order valence-electron chi connectivity index (χ3n) is 12.5. The first-order chi connectivity index (χ1) is 34.1. The molecule has 0 saturated heterocycles. The standard InChI is InChI=1S/C61H109NO8/c1-6-8-10-12-14-16-17-18-19-20-21-22-23-24-25-26-27-28-29-30-31-32-33-34-35-36-37-38-39-40-41-42-43-44-46-48-50-52-59(64)70-57(56-69-61(60(65)66)67-54-53-62(3,4)5)55-68-58(63)51-49-47-45-15-13-11-9-7-2/h8,10,14,16,18-19,21-22,24-25,57,61H,6-7,9,11-13,15,17,20,23,26-56H2,1-5H3/p+1/b10-8-,16-14-,19-18-,22-21-,25-24-. The first-order valence-corrected chi connectivity index (χ1v) is 29.0. The highest BCUT2D eigenvalue weighted by molar-refractivity contribution is 5.71. The molecular weight excluding hydrogens is 875 g/mol. The summed E-state index contributed by atoms with van der Waals surface area (Å²) in [7, 11) is 5.96. The number of unbranched alkanes of at least 4 members (excludes halogenated alkanes) is 28. The molecule has 0 heterocycles. The van der Waals surface area contributed by atoms with Gasteiger partial charge in [0.05, 0.1) is 34.4 Å². The lowest BCUT2D eigenvalue weighted by Crippen LogP contribution is -2.40. The summed E-state index contributed by atoms with van der Waals surface area (Å²) in [4.78, 5) is 37.1. The van der Waals surface area contributed by atoms with Crippen molar-refractivity contribution in [2.45, 2.75) is 264 Å². The number of aliphatic carboxylic acids is 1. The molecule has 1 N–H and O–H groups in total. The van der Waals surface area contributed by atoms with Crippen LogP contribution in [0.2, 0.25) is 0 Å². The summed E-state index contributed by atoms with van der Waals surface area (Å²) in [5, 5.41) is 9.65. The van der Waals surface area contributed by atoms with Crippen molar-refractivity contribution < 1.29 is 42.9 Å². The van der Waals surface area contributed by atoms with E-state index in [0.29, 0.717) is 17.4 Å². The minimum Gasteiger partial charge on any atom is -0.477 e. The minimum atomic E-state index is -1.51. The Morgan fingerprint density at radius 3 is 1.21 bits per heavy atom. The summed E-state index contributed by atoms with van der Waals surface area (Å²) in [5.74, 6) is -2.00. The highest BCUT2D eigenvalue weighted by atomic mass is 16.7. The Morgan fingerprint density at radius 2 is 0.814 bits per heavy atom. The van der Waals surface area contributed by atoms with Gasteiger partial charge in [0, 0.05) is 12.8 Å². The van der Waals surface area contributed by atoms with Gasteiger partial charge in [0.25, 0.3) is 6.29 Å². The number of carbonyl (C=O) groups excluding carboxylic acids is 2. The van der Waals surface area contributed by atoms with Gasteiger partial charge in [-0.25, -0.2) is 4.79 Å². The molecule has 0 aliphatic carbocycles. The second-order valence-electron chi connectivity index (χ2n) is 20.6. The monoisotopic (exact) mass is 985 g/mol. The van der Waals surface area contributed by atoms with Crippen LogP contribution in [0.4, 0.5) is 0 Å². The highest BCUT2D eigenvalue weighted by Crippen LogP contribution is 2.17. The molecule has 0 fully saturated rings. The third-order valence-corrected chi connectivity index (χ3v) is 12.5. The molecule has 0 saturated carbocycles. The van der Waals surface area contributed by atoms with Crippen LogP contribution >= 0.6 is 0 Å². The Morgan fingerprint density at radius 1 is 0.443 bits per heavy atom. The largest absolute Gasteiger partial charge is 0.477 e. The average molecular weight is 986 g/mol. The van der Waals surface area contributed by atoms with E-state index in [2.05, 4.69) is 74.6 Å². The number of carboxylic acid groups (broad SMARTS) is 1. The molecule has 0 aromatic rings. The molecule has 9 nitrogen and oxygen atoms in total. The Hall–Kier alpha value is -3.01. The summed E-state index contributed by atoms with van der Waals surface area (Å²) in [6, 6.07) is 0. The van der Waals surface area contributed by atoms with Crippen LogP contribution in [0.1, 0.15) is 251 Å². The zero-order valence-electron chi connectivity index (χ0n) is 46.2. The smallest absolute Gasteiger partial charge is 0.361 e. The van der Waals surface area contributed by atoms with E-state index in [0.717, 1.165) is 70.6 Å². The van der Waals surface area contributed by atoms with Crippen molar-refractivity contribution in [1.29, 1.82) is 0 Å². The van der Waals surface area contributed by atoms with Gasteiger partial charge in [-0.1, -0.05) is 242 Å². The second kappa shape index (κ2) is 52.3. The first-order valence-electron chi connectivity index (χ1n) is 29.0. The molecule has 0 amide bonds. The van der Waals surface area contributed by atoms with Crippen LogP contribution in [0.15, 0.2) is 60.8 Å². The van der Waals surface area contributed by atoms with Gasteiger partial charge in [0.15, 0.2) is 6.10 Å². The molecule has 9 heteroatoms. The quantitative estimate of drug-likeness (QED) is 0.0211. The zero-order chi connectivity index (χ0) is 51.3. The van der Waals surface area contributed by atoms with Crippen LogP contribution in [0, 0.1) is 0 Å². The Bertz CT molecular complexity index is 1330. The van der Waals surface area contributed by atoms with Crippen molar-refractivity contribution in [3.05, 3.63) is 60.8 Å². The van der Waals surface area contributed by atoms with Gasteiger partial charge >= 0.3 is 17.9 Å². The summed E-state index contributed by atoms with van der Waals surface area (Å²) in [6.07, 6.45) is 63.4. The molecule has 406 valence electrons. The predicted molar refractivity (Wildman–Crippen MR) is 295 cm³/mol. The highest BCUT2D eigenvalue weighted by Gasteiger charge is 2.25. The number of quaternary nitrogens is 1. The van der Waals surface area contributed by atoms with Crippen LogP contribution in [-0.2, 0) is 33.3 Å². The molecule has 0 aliphatic heterocycles. The molecule has 2 unspecified atom stereocenters. The molecular formula is C61H110NO8+. The molecule has 2 atom stereocenters. The topological polar surface area (TPSA) is 108 Å². The van der Waals surface area contributed by atoms with E-state index in [1.807, 2.05) is 21.1 Å². The Kier molecular flexibility index (Phi) is 50.1. The van der Waals surface area contributed by atoms with Gasteiger partial charge in [0.1, 0.15) is 13.2 Å². The van der Waals surface area contributed by atoms with Gasteiger partial charge in [-0.05, 0) is 57.8 Å². The lowest BCUT2D eigenvalue weighted by Gasteiger charge is -2.25. The normalized spacial score (nSPS) is 13.2. The fraction of sp³-hybridized carbons (Fsp3) is 0.787. The van der Waals surface area contributed by atoms with E-state index in [1.54, 1.807) is 0 Å². The maximum Gasteiger partial charge on any atom is 0.361 e. The van der Waals surface area contributed by atoms with Crippen LogP contribution in [0.25, 0.3) is 0 Å². The number of esters is 2.